The van der Waals surface area contributed by atoms with Gasteiger partial charge in [0.2, 0.25) is 0 Å². The number of hydrogen-bond donors (Lipinski definition) is 0. The van der Waals surface area contributed by atoms with Crippen molar-refractivity contribution in [3.8, 4) is 0 Å². The van der Waals surface area contributed by atoms with Crippen molar-refractivity contribution < 1.29 is 8.85 Å². The minimum Gasteiger partial charge on any atom is -0.394 e. The maximum atomic E-state index is 5.82. The lowest BCUT2D eigenvalue weighted by molar-refractivity contribution is 0.256. The van der Waals surface area contributed by atoms with Crippen LogP contribution in [0.2, 0.25) is 6.04 Å². The van der Waals surface area contributed by atoms with E-state index in [1.54, 1.807) is 14.2 Å². The molecule has 0 amide bonds. The highest BCUT2D eigenvalue weighted by Gasteiger charge is 2.37. The lowest BCUT2D eigenvalue weighted by atomic mass is 10.1. The summed E-state index contributed by atoms with van der Waals surface area (Å²) in [6.45, 7) is 2.25. The first-order chi connectivity index (χ1) is 9.29. The summed E-state index contributed by atoms with van der Waals surface area (Å²) < 4.78 is 11.6. The highest BCUT2D eigenvalue weighted by molar-refractivity contribution is 6.81. The molecule has 0 aliphatic rings. The maximum absolute atomic E-state index is 5.82. The molecule has 0 N–H and O–H groups in total. The van der Waals surface area contributed by atoms with Crippen LogP contribution >= 0.6 is 0 Å². The highest BCUT2D eigenvalue weighted by atomic mass is 28.4. The zero-order valence-corrected chi connectivity index (χ0v) is 13.7. The standard InChI is InChI=1S/C16H28O2Si/c1-4-5-6-7-8-12-15-19(17-2,18-3)16-13-10-9-11-14-16/h9-11,13-14H,4-8,12,15H2,1-3H3. The Morgan fingerprint density at radius 1 is 0.842 bits per heavy atom. The summed E-state index contributed by atoms with van der Waals surface area (Å²) in [6, 6.07) is 11.5. The van der Waals surface area contributed by atoms with E-state index < -0.39 is 8.56 Å². The van der Waals surface area contributed by atoms with Crippen LogP contribution in [0.1, 0.15) is 45.4 Å². The van der Waals surface area contributed by atoms with Gasteiger partial charge in [-0.15, -0.1) is 0 Å². The molecule has 0 aliphatic heterocycles. The number of unbranched alkanes of at least 4 members (excludes halogenated alkanes) is 5. The van der Waals surface area contributed by atoms with E-state index in [4.69, 9.17) is 8.85 Å². The Morgan fingerprint density at radius 3 is 2.00 bits per heavy atom. The predicted molar refractivity (Wildman–Crippen MR) is 84.0 cm³/mol. The Balaban J connectivity index is 2.48. The van der Waals surface area contributed by atoms with Gasteiger partial charge < -0.3 is 8.85 Å². The Hall–Kier alpha value is -0.643. The third-order valence-corrected chi connectivity index (χ3v) is 7.28. The summed E-state index contributed by atoms with van der Waals surface area (Å²) >= 11 is 0. The quantitative estimate of drug-likeness (QED) is 0.476. The lowest BCUT2D eigenvalue weighted by Crippen LogP contribution is -2.52. The first-order valence-corrected chi connectivity index (χ1v) is 9.47. The number of benzene rings is 1. The summed E-state index contributed by atoms with van der Waals surface area (Å²) in [6.07, 6.45) is 7.84. The smallest absolute Gasteiger partial charge is 0.371 e. The van der Waals surface area contributed by atoms with Gasteiger partial charge >= 0.3 is 8.56 Å². The average Bonchev–Trinajstić information content (AvgIpc) is 2.48. The Kier molecular flexibility index (Phi) is 8.02. The Morgan fingerprint density at radius 2 is 1.42 bits per heavy atom. The molecule has 0 saturated carbocycles. The molecule has 108 valence electrons. The summed E-state index contributed by atoms with van der Waals surface area (Å²) in [5.74, 6) is 0. The molecule has 0 bridgehead atoms. The van der Waals surface area contributed by atoms with Gasteiger partial charge in [-0.2, -0.15) is 0 Å². The van der Waals surface area contributed by atoms with E-state index in [2.05, 4.69) is 31.2 Å². The van der Waals surface area contributed by atoms with Crippen LogP contribution in [-0.4, -0.2) is 22.8 Å². The molecule has 0 heterocycles. The summed E-state index contributed by atoms with van der Waals surface area (Å²) in [5, 5.41) is 1.24. The van der Waals surface area contributed by atoms with Crippen LogP contribution in [0, 0.1) is 0 Å². The van der Waals surface area contributed by atoms with Gasteiger partial charge in [0.15, 0.2) is 0 Å². The van der Waals surface area contributed by atoms with Crippen LogP contribution in [0.3, 0.4) is 0 Å². The molecule has 2 nitrogen and oxygen atoms in total. The van der Waals surface area contributed by atoms with E-state index in [-0.39, 0.29) is 0 Å². The second-order valence-electron chi connectivity index (χ2n) is 5.04. The van der Waals surface area contributed by atoms with Gasteiger partial charge in [-0.1, -0.05) is 75.8 Å². The second-order valence-corrected chi connectivity index (χ2v) is 8.44. The summed E-state index contributed by atoms with van der Waals surface area (Å²) in [7, 11) is 1.39. The van der Waals surface area contributed by atoms with Crippen LogP contribution in [0.5, 0.6) is 0 Å². The molecule has 19 heavy (non-hydrogen) atoms. The SMILES string of the molecule is CCCCCCCC[Si](OC)(OC)c1ccccc1. The summed E-state index contributed by atoms with van der Waals surface area (Å²) in [5.41, 5.74) is 0. The molecule has 0 aromatic heterocycles. The van der Waals surface area contributed by atoms with Gasteiger partial charge in [-0.25, -0.2) is 0 Å². The molecular weight excluding hydrogens is 252 g/mol. The van der Waals surface area contributed by atoms with Crippen molar-refractivity contribution in [1.29, 1.82) is 0 Å². The average molecular weight is 280 g/mol. The van der Waals surface area contributed by atoms with E-state index in [9.17, 15) is 0 Å². The second kappa shape index (κ2) is 9.29. The molecule has 0 fully saturated rings. The van der Waals surface area contributed by atoms with E-state index in [0.29, 0.717) is 0 Å². The van der Waals surface area contributed by atoms with Crippen molar-refractivity contribution in [3.63, 3.8) is 0 Å². The Labute approximate surface area is 119 Å². The molecule has 0 aliphatic carbocycles. The molecule has 0 unspecified atom stereocenters. The molecule has 0 spiro atoms. The molecule has 1 rings (SSSR count). The predicted octanol–water partition coefficient (Wildman–Crippen LogP) is 3.99. The van der Waals surface area contributed by atoms with Gasteiger partial charge in [0.25, 0.3) is 0 Å². The summed E-state index contributed by atoms with van der Waals surface area (Å²) in [4.78, 5) is 0. The van der Waals surface area contributed by atoms with Crippen molar-refractivity contribution in [1.82, 2.24) is 0 Å². The van der Waals surface area contributed by atoms with Crippen LogP contribution in [0.4, 0.5) is 0 Å². The van der Waals surface area contributed by atoms with Gasteiger partial charge in [0.1, 0.15) is 0 Å². The van der Waals surface area contributed by atoms with Crippen molar-refractivity contribution in [2.24, 2.45) is 0 Å². The topological polar surface area (TPSA) is 18.5 Å². The maximum Gasteiger partial charge on any atom is 0.371 e. The lowest BCUT2D eigenvalue weighted by Gasteiger charge is -2.27. The van der Waals surface area contributed by atoms with Crippen molar-refractivity contribution in [2.45, 2.75) is 51.5 Å². The van der Waals surface area contributed by atoms with E-state index in [1.807, 2.05) is 6.07 Å². The molecule has 0 atom stereocenters. The highest BCUT2D eigenvalue weighted by Crippen LogP contribution is 2.18. The van der Waals surface area contributed by atoms with Gasteiger partial charge in [0.05, 0.1) is 0 Å². The largest absolute Gasteiger partial charge is 0.394 e. The fourth-order valence-corrected chi connectivity index (χ4v) is 5.25. The zero-order chi connectivity index (χ0) is 14.0. The first kappa shape index (κ1) is 16.4. The third kappa shape index (κ3) is 5.09. The zero-order valence-electron chi connectivity index (χ0n) is 12.7. The minimum absolute atomic E-state index is 1.05. The Bertz CT molecular complexity index is 323. The monoisotopic (exact) mass is 280 g/mol. The number of hydrogen-bond acceptors (Lipinski definition) is 2. The van der Waals surface area contributed by atoms with E-state index in [1.165, 1.54) is 43.7 Å². The van der Waals surface area contributed by atoms with E-state index >= 15 is 0 Å². The van der Waals surface area contributed by atoms with Crippen molar-refractivity contribution in [3.05, 3.63) is 30.3 Å². The van der Waals surface area contributed by atoms with Gasteiger partial charge in [-0.05, 0) is 11.2 Å². The molecule has 1 aromatic carbocycles. The molecule has 0 radical (unpaired) electrons. The molecule has 1 aromatic rings. The number of rotatable bonds is 10. The molecule has 0 saturated heterocycles. The van der Waals surface area contributed by atoms with Crippen LogP contribution in [-0.2, 0) is 8.85 Å². The van der Waals surface area contributed by atoms with Crippen LogP contribution in [0.25, 0.3) is 0 Å². The van der Waals surface area contributed by atoms with Crippen LogP contribution in [0.15, 0.2) is 30.3 Å². The van der Waals surface area contributed by atoms with Crippen molar-refractivity contribution in [2.75, 3.05) is 14.2 Å². The fourth-order valence-electron chi connectivity index (χ4n) is 2.50. The fraction of sp³-hybridized carbons (Fsp3) is 0.625. The normalized spacial score (nSPS) is 11.7. The van der Waals surface area contributed by atoms with Crippen LogP contribution < -0.4 is 5.19 Å². The van der Waals surface area contributed by atoms with E-state index in [0.717, 1.165) is 6.04 Å². The van der Waals surface area contributed by atoms with Gasteiger partial charge in [-0.3, -0.25) is 0 Å². The first-order valence-electron chi connectivity index (χ1n) is 7.45. The third-order valence-electron chi connectivity index (χ3n) is 3.73. The van der Waals surface area contributed by atoms with Gasteiger partial charge in [0, 0.05) is 14.2 Å². The van der Waals surface area contributed by atoms with Crippen molar-refractivity contribution >= 4 is 13.7 Å². The molecular formula is C16H28O2Si. The minimum atomic E-state index is -2.19. The molecule has 3 heteroatoms.